The monoisotopic (exact) mass is 527 g/mol. The van der Waals surface area contributed by atoms with Crippen molar-refractivity contribution in [1.29, 1.82) is 0 Å². The number of carbonyl (C=O) groups is 1. The number of hydrogen-bond acceptors (Lipinski definition) is 7. The van der Waals surface area contributed by atoms with E-state index in [4.69, 9.17) is 9.47 Å². The largest absolute Gasteiger partial charge is 0.493 e. The number of fused-ring (bicyclic) bond motifs is 2. The molecule has 1 atom stereocenters. The van der Waals surface area contributed by atoms with Crippen LogP contribution in [0.1, 0.15) is 18.9 Å². The van der Waals surface area contributed by atoms with Crippen LogP contribution in [0.15, 0.2) is 72.5 Å². The Morgan fingerprint density at radius 2 is 1.97 bits per heavy atom. The Morgan fingerprint density at radius 3 is 2.74 bits per heavy atom. The first kappa shape index (κ1) is 24.9. The van der Waals surface area contributed by atoms with Gasteiger partial charge in [-0.05, 0) is 61.7 Å². The number of methoxy groups -OCH3 is 2. The van der Waals surface area contributed by atoms with Crippen molar-refractivity contribution in [3.8, 4) is 11.5 Å². The molecule has 0 radical (unpaired) electrons. The van der Waals surface area contributed by atoms with Gasteiger partial charge in [-0.2, -0.15) is 0 Å². The molecule has 2 aliphatic heterocycles. The Morgan fingerprint density at radius 1 is 1.15 bits per heavy atom. The minimum Gasteiger partial charge on any atom is -0.493 e. The van der Waals surface area contributed by atoms with Crippen molar-refractivity contribution < 1.29 is 18.7 Å². The summed E-state index contributed by atoms with van der Waals surface area (Å²) < 4.78 is 24.4. The molecule has 9 heteroatoms. The van der Waals surface area contributed by atoms with Gasteiger partial charge in [-0.15, -0.1) is 0 Å². The van der Waals surface area contributed by atoms with Crippen LogP contribution < -0.4 is 19.7 Å². The third-order valence-electron chi connectivity index (χ3n) is 7.74. The van der Waals surface area contributed by atoms with Crippen LogP contribution in [-0.4, -0.2) is 54.6 Å². The number of benzene rings is 2. The molecule has 39 heavy (non-hydrogen) atoms. The molecular weight excluding hydrogens is 497 g/mol. The number of aromatic nitrogens is 2. The summed E-state index contributed by atoms with van der Waals surface area (Å²) in [5.41, 5.74) is 4.47. The van der Waals surface area contributed by atoms with Gasteiger partial charge in [0.15, 0.2) is 11.5 Å². The summed E-state index contributed by atoms with van der Waals surface area (Å²) in [6.07, 6.45) is 10.1. The Balaban J connectivity index is 1.17. The minimum absolute atomic E-state index is 0.0589. The standard InChI is InChI=1S/C30H30FN5O3/c1-19-15-30(9-6-21(31)7-10-30)17-35(19)16-28(37)36-11-8-20-12-22(4-5-25(20)36)34-29-23-13-26(38-2)27(39-3)14-24(23)32-18-33-29/h4-7,9,12-15,18H,8,10-11,16-17H2,1-3H3,(H,32,33,34). The predicted octanol–water partition coefficient (Wildman–Crippen LogP) is 5.30. The quantitative estimate of drug-likeness (QED) is 0.466. The van der Waals surface area contributed by atoms with Crippen molar-refractivity contribution >= 4 is 34.0 Å². The summed E-state index contributed by atoms with van der Waals surface area (Å²) in [7, 11) is 3.19. The molecule has 1 aromatic heterocycles. The molecule has 200 valence electrons. The Hall–Kier alpha value is -4.40. The van der Waals surface area contributed by atoms with E-state index in [-0.39, 0.29) is 17.1 Å². The lowest BCUT2D eigenvalue weighted by molar-refractivity contribution is -0.119. The second-order valence-corrected chi connectivity index (χ2v) is 10.2. The van der Waals surface area contributed by atoms with Crippen molar-refractivity contribution in [2.24, 2.45) is 5.41 Å². The molecule has 0 fully saturated rings. The molecule has 1 amide bonds. The number of ether oxygens (including phenoxy) is 2. The number of nitrogens with one attached hydrogen (secondary N) is 1. The van der Waals surface area contributed by atoms with Gasteiger partial charge in [0.25, 0.3) is 0 Å². The molecular formula is C30H30FN5O3. The van der Waals surface area contributed by atoms with E-state index in [0.29, 0.717) is 43.4 Å². The van der Waals surface area contributed by atoms with Gasteiger partial charge < -0.3 is 24.6 Å². The molecule has 3 aliphatic rings. The van der Waals surface area contributed by atoms with Crippen LogP contribution in [0.3, 0.4) is 0 Å². The second kappa shape index (κ2) is 9.72. The van der Waals surface area contributed by atoms with Crippen LogP contribution in [0.2, 0.25) is 0 Å². The first-order valence-corrected chi connectivity index (χ1v) is 12.9. The molecule has 1 N–H and O–H groups in total. The lowest BCUT2D eigenvalue weighted by Gasteiger charge is -2.29. The zero-order valence-corrected chi connectivity index (χ0v) is 22.2. The highest BCUT2D eigenvalue weighted by atomic mass is 19.1. The molecule has 3 heterocycles. The SMILES string of the molecule is COc1cc2ncnc(Nc3ccc4c(c3)CCN4C(=O)CN3CC4(C=CC(F)=CC4)C=C3C)c2cc1OC. The van der Waals surface area contributed by atoms with Crippen LogP contribution in [0.25, 0.3) is 10.9 Å². The third-order valence-corrected chi connectivity index (χ3v) is 7.74. The van der Waals surface area contributed by atoms with Crippen LogP contribution in [0.5, 0.6) is 11.5 Å². The number of allylic oxidation sites excluding steroid dienone is 4. The van der Waals surface area contributed by atoms with Crippen molar-refractivity contribution in [2.75, 3.05) is 44.1 Å². The number of amides is 1. The van der Waals surface area contributed by atoms with Crippen LogP contribution in [0.4, 0.5) is 21.6 Å². The molecule has 3 aromatic rings. The van der Waals surface area contributed by atoms with E-state index < -0.39 is 0 Å². The number of anilines is 3. The predicted molar refractivity (Wildman–Crippen MR) is 149 cm³/mol. The van der Waals surface area contributed by atoms with E-state index in [1.54, 1.807) is 20.3 Å². The highest BCUT2D eigenvalue weighted by molar-refractivity contribution is 5.98. The Bertz CT molecular complexity index is 1570. The highest BCUT2D eigenvalue weighted by Crippen LogP contribution is 2.40. The summed E-state index contributed by atoms with van der Waals surface area (Å²) in [6, 6.07) is 9.70. The summed E-state index contributed by atoms with van der Waals surface area (Å²) >= 11 is 0. The molecule has 0 bridgehead atoms. The molecule has 1 unspecified atom stereocenters. The first-order chi connectivity index (χ1) is 18.9. The van der Waals surface area contributed by atoms with Gasteiger partial charge in [0.1, 0.15) is 18.0 Å². The zero-order valence-electron chi connectivity index (χ0n) is 22.2. The fraction of sp³-hybridized carbons (Fsp3) is 0.300. The first-order valence-electron chi connectivity index (χ1n) is 12.9. The van der Waals surface area contributed by atoms with E-state index in [9.17, 15) is 9.18 Å². The van der Waals surface area contributed by atoms with Gasteiger partial charge in [-0.25, -0.2) is 14.4 Å². The fourth-order valence-electron chi connectivity index (χ4n) is 5.71. The summed E-state index contributed by atoms with van der Waals surface area (Å²) in [5.74, 6) is 1.72. The maximum Gasteiger partial charge on any atom is 0.246 e. The normalized spacial score (nSPS) is 19.8. The molecule has 0 saturated heterocycles. The van der Waals surface area contributed by atoms with Gasteiger partial charge in [0.05, 0.1) is 26.3 Å². The molecule has 8 nitrogen and oxygen atoms in total. The van der Waals surface area contributed by atoms with Crippen LogP contribution in [-0.2, 0) is 11.2 Å². The maximum atomic E-state index is 13.5. The molecule has 0 saturated carbocycles. The van der Waals surface area contributed by atoms with E-state index >= 15 is 0 Å². The lowest BCUT2D eigenvalue weighted by atomic mass is 9.82. The average Bonchev–Trinajstić information content (AvgIpc) is 3.50. The van der Waals surface area contributed by atoms with Crippen molar-refractivity contribution in [2.45, 2.75) is 19.8 Å². The Kier molecular flexibility index (Phi) is 6.21. The minimum atomic E-state index is -0.232. The number of hydrogen-bond donors (Lipinski definition) is 1. The van der Waals surface area contributed by atoms with Crippen molar-refractivity contribution in [3.05, 3.63) is 78.1 Å². The average molecular weight is 528 g/mol. The number of halogens is 1. The molecule has 2 aromatic carbocycles. The smallest absolute Gasteiger partial charge is 0.246 e. The van der Waals surface area contributed by atoms with Gasteiger partial charge in [-0.3, -0.25) is 4.79 Å². The van der Waals surface area contributed by atoms with Crippen LogP contribution >= 0.6 is 0 Å². The second-order valence-electron chi connectivity index (χ2n) is 10.2. The van der Waals surface area contributed by atoms with Gasteiger partial charge in [0, 0.05) is 47.0 Å². The van der Waals surface area contributed by atoms with Crippen molar-refractivity contribution in [3.63, 3.8) is 0 Å². The summed E-state index contributed by atoms with van der Waals surface area (Å²) in [6.45, 7) is 3.63. The van der Waals surface area contributed by atoms with E-state index in [2.05, 4.69) is 32.3 Å². The number of rotatable bonds is 6. The lowest BCUT2D eigenvalue weighted by Crippen LogP contribution is -2.40. The van der Waals surface area contributed by atoms with Crippen molar-refractivity contribution in [1.82, 2.24) is 14.9 Å². The molecule has 1 spiro atoms. The van der Waals surface area contributed by atoms with Gasteiger partial charge >= 0.3 is 0 Å². The van der Waals surface area contributed by atoms with E-state index in [0.717, 1.165) is 40.0 Å². The topological polar surface area (TPSA) is 79.8 Å². The van der Waals surface area contributed by atoms with Gasteiger partial charge in [-0.1, -0.05) is 12.2 Å². The number of carbonyl (C=O) groups excluding carboxylic acids is 1. The van der Waals surface area contributed by atoms with E-state index in [1.807, 2.05) is 42.2 Å². The summed E-state index contributed by atoms with van der Waals surface area (Å²) in [5, 5.41) is 4.22. The maximum absolute atomic E-state index is 13.5. The fourth-order valence-corrected chi connectivity index (χ4v) is 5.71. The number of nitrogens with zero attached hydrogens (tertiary/aromatic N) is 4. The van der Waals surface area contributed by atoms with Crippen LogP contribution in [0, 0.1) is 5.41 Å². The highest BCUT2D eigenvalue weighted by Gasteiger charge is 2.36. The zero-order chi connectivity index (χ0) is 27.1. The van der Waals surface area contributed by atoms with Gasteiger partial charge in [0.2, 0.25) is 5.91 Å². The third kappa shape index (κ3) is 4.58. The van der Waals surface area contributed by atoms with E-state index in [1.165, 1.54) is 12.4 Å². The Labute approximate surface area is 226 Å². The molecule has 6 rings (SSSR count). The summed E-state index contributed by atoms with van der Waals surface area (Å²) in [4.78, 5) is 26.2. The molecule has 1 aliphatic carbocycles.